The Morgan fingerprint density at radius 1 is 1.75 bits per heavy atom. The van der Waals surface area contributed by atoms with Crippen molar-refractivity contribution in [3.05, 3.63) is 0 Å². The molecule has 4 N–H and O–H groups in total. The third kappa shape index (κ3) is 2.71. The molecule has 0 aliphatic heterocycles. The van der Waals surface area contributed by atoms with Crippen molar-refractivity contribution in [2.75, 3.05) is 6.54 Å². The van der Waals surface area contributed by atoms with Crippen LogP contribution < -0.4 is 11.5 Å². The largest absolute Gasteiger partial charge is 0.330 e. The summed E-state index contributed by atoms with van der Waals surface area (Å²) in [5.74, 6) is 0. The molecule has 48 valence electrons. The molecule has 0 bridgehead atoms. The highest BCUT2D eigenvalue weighted by Crippen LogP contribution is 1.97. The van der Waals surface area contributed by atoms with Gasteiger partial charge in [-0.2, -0.15) is 0 Å². The van der Waals surface area contributed by atoms with E-state index in [0.717, 1.165) is 6.29 Å². The minimum absolute atomic E-state index is 0.464. The average Bonchev–Trinajstić information content (AvgIpc) is 1.67. The molecular formula is C5H12N2O. The lowest BCUT2D eigenvalue weighted by Crippen LogP contribution is -2.39. The van der Waals surface area contributed by atoms with E-state index in [0.29, 0.717) is 13.0 Å². The zero-order valence-corrected chi connectivity index (χ0v) is 5.05. The number of nitrogens with two attached hydrogens (primary N) is 2. The molecule has 1 atom stereocenters. The first kappa shape index (κ1) is 7.59. The van der Waals surface area contributed by atoms with Gasteiger partial charge in [0.1, 0.15) is 6.29 Å². The Morgan fingerprint density at radius 2 is 2.25 bits per heavy atom. The van der Waals surface area contributed by atoms with E-state index in [1.165, 1.54) is 0 Å². The summed E-state index contributed by atoms with van der Waals surface area (Å²) >= 11 is 0. The third-order valence-corrected chi connectivity index (χ3v) is 0.952. The molecule has 0 aromatic heterocycles. The van der Waals surface area contributed by atoms with Gasteiger partial charge in [-0.25, -0.2) is 0 Å². The van der Waals surface area contributed by atoms with E-state index in [9.17, 15) is 4.79 Å². The summed E-state index contributed by atoms with van der Waals surface area (Å²) in [7, 11) is 0. The van der Waals surface area contributed by atoms with Gasteiger partial charge >= 0.3 is 0 Å². The molecule has 3 heteroatoms. The molecule has 0 radical (unpaired) electrons. The molecular weight excluding hydrogens is 104 g/mol. The molecule has 0 fully saturated rings. The quantitative estimate of drug-likeness (QED) is 0.477. The van der Waals surface area contributed by atoms with E-state index < -0.39 is 5.54 Å². The van der Waals surface area contributed by atoms with Crippen LogP contribution in [0.2, 0.25) is 0 Å². The molecule has 3 nitrogen and oxygen atoms in total. The van der Waals surface area contributed by atoms with Crippen LogP contribution in [0.1, 0.15) is 13.3 Å². The van der Waals surface area contributed by atoms with Crippen LogP contribution in [0.25, 0.3) is 0 Å². The van der Waals surface area contributed by atoms with Gasteiger partial charge in [0.2, 0.25) is 0 Å². The topological polar surface area (TPSA) is 69.1 Å². The van der Waals surface area contributed by atoms with E-state index in [-0.39, 0.29) is 0 Å². The molecule has 0 aromatic carbocycles. The van der Waals surface area contributed by atoms with Crippen molar-refractivity contribution in [3.63, 3.8) is 0 Å². The molecule has 0 rings (SSSR count). The van der Waals surface area contributed by atoms with E-state index in [1.54, 1.807) is 6.92 Å². The van der Waals surface area contributed by atoms with Crippen LogP contribution in [0, 0.1) is 0 Å². The van der Waals surface area contributed by atoms with Crippen molar-refractivity contribution in [2.24, 2.45) is 11.5 Å². The second-order valence-corrected chi connectivity index (χ2v) is 2.16. The van der Waals surface area contributed by atoms with Crippen LogP contribution in [0.4, 0.5) is 0 Å². The van der Waals surface area contributed by atoms with Gasteiger partial charge in [0.25, 0.3) is 0 Å². The minimum Gasteiger partial charge on any atom is -0.330 e. The van der Waals surface area contributed by atoms with Gasteiger partial charge in [0.15, 0.2) is 0 Å². The molecule has 0 aliphatic rings. The van der Waals surface area contributed by atoms with Crippen molar-refractivity contribution < 1.29 is 4.79 Å². The van der Waals surface area contributed by atoms with Crippen molar-refractivity contribution in [1.82, 2.24) is 0 Å². The summed E-state index contributed by atoms with van der Waals surface area (Å²) in [6.45, 7) is 2.12. The molecule has 0 heterocycles. The fourth-order valence-corrected chi connectivity index (χ4v) is 0.370. The first-order valence-corrected chi connectivity index (χ1v) is 2.57. The second kappa shape index (κ2) is 2.79. The van der Waals surface area contributed by atoms with Crippen molar-refractivity contribution in [3.8, 4) is 0 Å². The molecule has 0 saturated heterocycles. The number of carbonyl (C=O) groups is 1. The van der Waals surface area contributed by atoms with Gasteiger partial charge in [-0.15, -0.1) is 0 Å². The van der Waals surface area contributed by atoms with Gasteiger partial charge in [-0.05, 0) is 19.9 Å². The van der Waals surface area contributed by atoms with E-state index in [2.05, 4.69) is 0 Å². The first-order chi connectivity index (χ1) is 3.62. The Bertz CT molecular complexity index is 80.5. The standard InChI is InChI=1S/C5H12N2O/c1-5(7,4-8)2-3-6/h4H,2-3,6-7H2,1H3/t5-/m1/s1. The Kier molecular flexibility index (Phi) is 2.65. The predicted octanol–water partition coefficient (Wildman–Crippen LogP) is -0.748. The summed E-state index contributed by atoms with van der Waals surface area (Å²) in [5.41, 5.74) is 9.82. The maximum absolute atomic E-state index is 10.0. The van der Waals surface area contributed by atoms with Crippen LogP contribution in [0.5, 0.6) is 0 Å². The normalized spacial score (nSPS) is 17.4. The number of hydrogen-bond donors (Lipinski definition) is 2. The Balaban J connectivity index is 3.53. The fraction of sp³-hybridized carbons (Fsp3) is 0.800. The monoisotopic (exact) mass is 116 g/mol. The zero-order valence-electron chi connectivity index (χ0n) is 5.05. The lowest BCUT2D eigenvalue weighted by Gasteiger charge is -2.13. The number of rotatable bonds is 3. The van der Waals surface area contributed by atoms with Crippen molar-refractivity contribution >= 4 is 6.29 Å². The van der Waals surface area contributed by atoms with Crippen molar-refractivity contribution in [1.29, 1.82) is 0 Å². The SMILES string of the molecule is C[C@](N)(C=O)CCN. The summed E-state index contributed by atoms with van der Waals surface area (Å²) < 4.78 is 0. The van der Waals surface area contributed by atoms with E-state index in [1.807, 2.05) is 0 Å². The van der Waals surface area contributed by atoms with E-state index >= 15 is 0 Å². The lowest BCUT2D eigenvalue weighted by atomic mass is 10.0. The van der Waals surface area contributed by atoms with Crippen LogP contribution >= 0.6 is 0 Å². The number of aldehydes is 1. The summed E-state index contributed by atoms with van der Waals surface area (Å²) in [5, 5.41) is 0. The molecule has 8 heavy (non-hydrogen) atoms. The number of hydrogen-bond acceptors (Lipinski definition) is 3. The highest BCUT2D eigenvalue weighted by Gasteiger charge is 2.14. The molecule has 0 aliphatic carbocycles. The Hall–Kier alpha value is -0.410. The first-order valence-electron chi connectivity index (χ1n) is 2.57. The Labute approximate surface area is 49.0 Å². The highest BCUT2D eigenvalue weighted by atomic mass is 16.1. The van der Waals surface area contributed by atoms with Crippen LogP contribution in [-0.4, -0.2) is 18.4 Å². The summed E-state index contributed by atoms with van der Waals surface area (Å²) in [6.07, 6.45) is 1.27. The van der Waals surface area contributed by atoms with Gasteiger partial charge in [0, 0.05) is 0 Å². The van der Waals surface area contributed by atoms with Gasteiger partial charge in [0.05, 0.1) is 5.54 Å². The maximum Gasteiger partial charge on any atom is 0.139 e. The predicted molar refractivity (Wildman–Crippen MR) is 32.3 cm³/mol. The summed E-state index contributed by atoms with van der Waals surface area (Å²) in [4.78, 5) is 10.0. The molecule has 0 unspecified atom stereocenters. The average molecular weight is 116 g/mol. The number of carbonyl (C=O) groups excluding carboxylic acids is 1. The second-order valence-electron chi connectivity index (χ2n) is 2.16. The van der Waals surface area contributed by atoms with Crippen LogP contribution in [0.3, 0.4) is 0 Å². The summed E-state index contributed by atoms with van der Waals surface area (Å²) in [6, 6.07) is 0. The minimum atomic E-state index is -0.714. The van der Waals surface area contributed by atoms with Gasteiger partial charge < -0.3 is 16.3 Å². The van der Waals surface area contributed by atoms with Gasteiger partial charge in [-0.3, -0.25) is 0 Å². The van der Waals surface area contributed by atoms with Crippen molar-refractivity contribution in [2.45, 2.75) is 18.9 Å². The van der Waals surface area contributed by atoms with E-state index in [4.69, 9.17) is 11.5 Å². The van der Waals surface area contributed by atoms with Crippen LogP contribution in [0.15, 0.2) is 0 Å². The maximum atomic E-state index is 10.0. The van der Waals surface area contributed by atoms with Gasteiger partial charge in [-0.1, -0.05) is 0 Å². The molecule has 0 aromatic rings. The zero-order chi connectivity index (χ0) is 6.62. The highest BCUT2D eigenvalue weighted by molar-refractivity contribution is 5.62. The molecule has 0 saturated carbocycles. The Morgan fingerprint density at radius 3 is 2.38 bits per heavy atom. The molecule has 0 amide bonds. The van der Waals surface area contributed by atoms with Crippen LogP contribution in [-0.2, 0) is 4.79 Å². The smallest absolute Gasteiger partial charge is 0.139 e. The lowest BCUT2D eigenvalue weighted by molar-refractivity contribution is -0.111. The molecule has 0 spiro atoms. The third-order valence-electron chi connectivity index (χ3n) is 0.952. The fourth-order valence-electron chi connectivity index (χ4n) is 0.370.